The molecule has 0 atom stereocenters. The summed E-state index contributed by atoms with van der Waals surface area (Å²) in [6.45, 7) is 4.39. The van der Waals surface area contributed by atoms with Crippen molar-refractivity contribution in [3.8, 4) is 5.75 Å². The third-order valence-electron chi connectivity index (χ3n) is 4.21. The summed E-state index contributed by atoms with van der Waals surface area (Å²) in [7, 11) is 0. The van der Waals surface area contributed by atoms with E-state index >= 15 is 0 Å². The van der Waals surface area contributed by atoms with Crippen molar-refractivity contribution in [2.45, 2.75) is 51.9 Å². The molecule has 0 heterocycles. The molecule has 1 N–H and O–H groups in total. The van der Waals surface area contributed by atoms with Crippen molar-refractivity contribution in [3.63, 3.8) is 0 Å². The van der Waals surface area contributed by atoms with Crippen LogP contribution >= 0.6 is 0 Å². The van der Waals surface area contributed by atoms with E-state index in [1.807, 2.05) is 18.2 Å². The van der Waals surface area contributed by atoms with Gasteiger partial charge in [0.05, 0.1) is 5.69 Å². The maximum atomic E-state index is 10.1. The van der Waals surface area contributed by atoms with Crippen LogP contribution in [0, 0.1) is 5.92 Å². The van der Waals surface area contributed by atoms with Crippen LogP contribution in [0.4, 0.5) is 5.69 Å². The second-order valence-corrected chi connectivity index (χ2v) is 5.79. The van der Waals surface area contributed by atoms with Gasteiger partial charge in [-0.1, -0.05) is 44.7 Å². The average molecular weight is 261 g/mol. The molecule has 0 bridgehead atoms. The van der Waals surface area contributed by atoms with Crippen LogP contribution in [0.2, 0.25) is 0 Å². The SMILES string of the molecule is CCCCN(CC1CCCCC1)c1ccccc1O. The Balaban J connectivity index is 2.04. The molecular weight excluding hydrogens is 234 g/mol. The van der Waals surface area contributed by atoms with Gasteiger partial charge in [0, 0.05) is 13.1 Å². The molecule has 0 aromatic heterocycles. The molecule has 106 valence electrons. The lowest BCUT2D eigenvalue weighted by molar-refractivity contribution is 0.356. The molecule has 2 rings (SSSR count). The number of anilines is 1. The number of aromatic hydroxyl groups is 1. The van der Waals surface area contributed by atoms with Gasteiger partial charge in [0.25, 0.3) is 0 Å². The van der Waals surface area contributed by atoms with Crippen molar-refractivity contribution in [2.24, 2.45) is 5.92 Å². The quantitative estimate of drug-likeness (QED) is 0.810. The minimum absolute atomic E-state index is 0.425. The van der Waals surface area contributed by atoms with Crippen LogP contribution in [0.25, 0.3) is 0 Å². The topological polar surface area (TPSA) is 23.5 Å². The number of unbranched alkanes of at least 4 members (excludes halogenated alkanes) is 1. The maximum absolute atomic E-state index is 10.1. The standard InChI is InChI=1S/C17H27NO/c1-2-3-13-18(14-15-9-5-4-6-10-15)16-11-7-8-12-17(16)19/h7-8,11-12,15,19H,2-6,9-10,13-14H2,1H3. The molecule has 1 fully saturated rings. The summed E-state index contributed by atoms with van der Waals surface area (Å²) in [6, 6.07) is 7.77. The second kappa shape index (κ2) is 7.42. The predicted octanol–water partition coefficient (Wildman–Crippen LogP) is 4.58. The Morgan fingerprint density at radius 1 is 1.16 bits per heavy atom. The summed E-state index contributed by atoms with van der Waals surface area (Å²) in [4.78, 5) is 2.40. The van der Waals surface area contributed by atoms with E-state index in [1.165, 1.54) is 44.9 Å². The molecule has 1 aliphatic rings. The third kappa shape index (κ3) is 4.15. The summed E-state index contributed by atoms with van der Waals surface area (Å²) < 4.78 is 0. The molecule has 1 aliphatic carbocycles. The first-order chi connectivity index (χ1) is 9.31. The van der Waals surface area contributed by atoms with Crippen LogP contribution in [-0.4, -0.2) is 18.2 Å². The maximum Gasteiger partial charge on any atom is 0.138 e. The summed E-state index contributed by atoms with van der Waals surface area (Å²) >= 11 is 0. The van der Waals surface area contributed by atoms with Gasteiger partial charge in [-0.25, -0.2) is 0 Å². The lowest BCUT2D eigenvalue weighted by atomic mass is 9.88. The highest BCUT2D eigenvalue weighted by molar-refractivity contribution is 5.57. The highest BCUT2D eigenvalue weighted by atomic mass is 16.3. The third-order valence-corrected chi connectivity index (χ3v) is 4.21. The van der Waals surface area contributed by atoms with E-state index in [9.17, 15) is 5.11 Å². The molecule has 1 aromatic carbocycles. The Morgan fingerprint density at radius 3 is 2.58 bits per heavy atom. The highest BCUT2D eigenvalue weighted by Gasteiger charge is 2.18. The van der Waals surface area contributed by atoms with Crippen LogP contribution < -0.4 is 4.90 Å². The summed E-state index contributed by atoms with van der Waals surface area (Å²) in [5.74, 6) is 1.24. The van der Waals surface area contributed by atoms with E-state index in [4.69, 9.17) is 0 Å². The Morgan fingerprint density at radius 2 is 1.89 bits per heavy atom. The average Bonchev–Trinajstić information content (AvgIpc) is 2.45. The zero-order chi connectivity index (χ0) is 13.5. The van der Waals surface area contributed by atoms with Crippen LogP contribution in [0.1, 0.15) is 51.9 Å². The first-order valence-corrected chi connectivity index (χ1v) is 7.84. The first kappa shape index (κ1) is 14.2. The number of nitrogens with zero attached hydrogens (tertiary/aromatic N) is 1. The van der Waals surface area contributed by atoms with E-state index in [-0.39, 0.29) is 0 Å². The zero-order valence-electron chi connectivity index (χ0n) is 12.1. The second-order valence-electron chi connectivity index (χ2n) is 5.79. The van der Waals surface area contributed by atoms with Crippen LogP contribution in [-0.2, 0) is 0 Å². The lowest BCUT2D eigenvalue weighted by Crippen LogP contribution is -2.31. The molecule has 19 heavy (non-hydrogen) atoms. The van der Waals surface area contributed by atoms with Crippen molar-refractivity contribution in [1.82, 2.24) is 0 Å². The Hall–Kier alpha value is -1.18. The van der Waals surface area contributed by atoms with E-state index in [1.54, 1.807) is 6.07 Å². The smallest absolute Gasteiger partial charge is 0.138 e. The largest absolute Gasteiger partial charge is 0.506 e. The van der Waals surface area contributed by atoms with Crippen LogP contribution in [0.15, 0.2) is 24.3 Å². The van der Waals surface area contributed by atoms with E-state index in [2.05, 4.69) is 11.8 Å². The molecule has 0 unspecified atom stereocenters. The number of benzene rings is 1. The molecular formula is C17H27NO. The van der Waals surface area contributed by atoms with Crippen molar-refractivity contribution in [2.75, 3.05) is 18.0 Å². The number of hydrogen-bond donors (Lipinski definition) is 1. The van der Waals surface area contributed by atoms with E-state index in [0.717, 1.165) is 24.7 Å². The molecule has 2 heteroatoms. The van der Waals surface area contributed by atoms with Gasteiger partial charge in [0.15, 0.2) is 0 Å². The molecule has 0 saturated heterocycles. The number of hydrogen-bond acceptors (Lipinski definition) is 2. The Labute approximate surface area is 117 Å². The summed E-state index contributed by atoms with van der Waals surface area (Å²) in [5.41, 5.74) is 1.02. The minimum atomic E-state index is 0.425. The summed E-state index contributed by atoms with van der Waals surface area (Å²) in [6.07, 6.45) is 9.28. The van der Waals surface area contributed by atoms with Crippen molar-refractivity contribution in [3.05, 3.63) is 24.3 Å². The van der Waals surface area contributed by atoms with Gasteiger partial charge < -0.3 is 10.0 Å². The molecule has 1 aromatic rings. The fourth-order valence-electron chi connectivity index (χ4n) is 3.07. The van der Waals surface area contributed by atoms with Gasteiger partial charge in [-0.15, -0.1) is 0 Å². The monoisotopic (exact) mass is 261 g/mol. The zero-order valence-corrected chi connectivity index (χ0v) is 12.1. The normalized spacial score (nSPS) is 16.5. The molecule has 0 spiro atoms. The fourth-order valence-corrected chi connectivity index (χ4v) is 3.07. The highest BCUT2D eigenvalue weighted by Crippen LogP contribution is 2.31. The van der Waals surface area contributed by atoms with E-state index in [0.29, 0.717) is 5.75 Å². The molecule has 0 aliphatic heterocycles. The molecule has 2 nitrogen and oxygen atoms in total. The molecule has 0 amide bonds. The molecule has 0 radical (unpaired) electrons. The van der Waals surface area contributed by atoms with Gasteiger partial charge >= 0.3 is 0 Å². The fraction of sp³-hybridized carbons (Fsp3) is 0.647. The van der Waals surface area contributed by atoms with Crippen molar-refractivity contribution in [1.29, 1.82) is 0 Å². The Bertz CT molecular complexity index is 371. The van der Waals surface area contributed by atoms with Gasteiger partial charge in [0.1, 0.15) is 5.75 Å². The minimum Gasteiger partial charge on any atom is -0.506 e. The predicted molar refractivity (Wildman–Crippen MR) is 81.8 cm³/mol. The van der Waals surface area contributed by atoms with Crippen LogP contribution in [0.3, 0.4) is 0 Å². The van der Waals surface area contributed by atoms with E-state index < -0.39 is 0 Å². The number of para-hydroxylation sites is 2. The van der Waals surface area contributed by atoms with Gasteiger partial charge in [-0.3, -0.25) is 0 Å². The summed E-state index contributed by atoms with van der Waals surface area (Å²) in [5, 5.41) is 10.1. The lowest BCUT2D eigenvalue weighted by Gasteiger charge is -2.31. The first-order valence-electron chi connectivity index (χ1n) is 7.84. The van der Waals surface area contributed by atoms with Crippen molar-refractivity contribution < 1.29 is 5.11 Å². The number of phenolic OH excluding ortho intramolecular Hbond substituents is 1. The Kier molecular flexibility index (Phi) is 5.56. The van der Waals surface area contributed by atoms with Gasteiger partial charge in [0.2, 0.25) is 0 Å². The molecule has 1 saturated carbocycles. The number of phenols is 1. The van der Waals surface area contributed by atoms with Crippen molar-refractivity contribution >= 4 is 5.69 Å². The van der Waals surface area contributed by atoms with Gasteiger partial charge in [-0.05, 0) is 37.3 Å². The van der Waals surface area contributed by atoms with Gasteiger partial charge in [-0.2, -0.15) is 0 Å². The van der Waals surface area contributed by atoms with Crippen LogP contribution in [0.5, 0.6) is 5.75 Å². The number of rotatable bonds is 6.